The van der Waals surface area contributed by atoms with Crippen molar-refractivity contribution in [3.05, 3.63) is 53.2 Å². The lowest BCUT2D eigenvalue weighted by atomic mass is 10.2. The Morgan fingerprint density at radius 1 is 1.23 bits per heavy atom. The van der Waals surface area contributed by atoms with Crippen molar-refractivity contribution in [1.29, 1.82) is 0 Å². The number of carbonyl (C=O) groups excluding carboxylic acids is 1. The van der Waals surface area contributed by atoms with Crippen molar-refractivity contribution < 1.29 is 22.7 Å². The summed E-state index contributed by atoms with van der Waals surface area (Å²) in [6.07, 6.45) is -4.48. The molecule has 1 amide bonds. The van der Waals surface area contributed by atoms with Crippen molar-refractivity contribution in [2.24, 2.45) is 0 Å². The van der Waals surface area contributed by atoms with Gasteiger partial charge < -0.3 is 10.1 Å². The third-order valence-electron chi connectivity index (χ3n) is 3.21. The predicted molar refractivity (Wildman–Crippen MR) is 88.9 cm³/mol. The van der Waals surface area contributed by atoms with Crippen LogP contribution < -0.4 is 10.1 Å². The first-order valence-corrected chi connectivity index (χ1v) is 8.32. The van der Waals surface area contributed by atoms with Gasteiger partial charge in [0.2, 0.25) is 0 Å². The number of thiophene rings is 1. The molecule has 0 radical (unpaired) electrons. The number of H-pyrrole nitrogens is 1. The molecule has 3 aromatic rings. The highest BCUT2D eigenvalue weighted by Crippen LogP contribution is 2.22. The number of carbonyl (C=O) groups is 1. The van der Waals surface area contributed by atoms with E-state index in [-0.39, 0.29) is 17.9 Å². The summed E-state index contributed by atoms with van der Waals surface area (Å²) >= 11 is 1.48. The van der Waals surface area contributed by atoms with Crippen LogP contribution in [0.1, 0.15) is 16.2 Å². The predicted octanol–water partition coefficient (Wildman–Crippen LogP) is 3.40. The second kappa shape index (κ2) is 7.56. The van der Waals surface area contributed by atoms with Gasteiger partial charge in [0.05, 0.1) is 17.0 Å². The van der Waals surface area contributed by atoms with Crippen LogP contribution in [0.25, 0.3) is 10.7 Å². The molecule has 0 aliphatic carbocycles. The number of para-hydroxylation sites is 1. The maximum Gasteiger partial charge on any atom is 0.422 e. The Bertz CT molecular complexity index is 878. The van der Waals surface area contributed by atoms with Crippen molar-refractivity contribution in [3.63, 3.8) is 0 Å². The summed E-state index contributed by atoms with van der Waals surface area (Å²) < 4.78 is 41.7. The van der Waals surface area contributed by atoms with Gasteiger partial charge in [-0.2, -0.15) is 18.3 Å². The van der Waals surface area contributed by atoms with E-state index in [9.17, 15) is 18.0 Å². The fourth-order valence-corrected chi connectivity index (χ4v) is 2.75. The molecule has 0 unspecified atom stereocenters. The van der Waals surface area contributed by atoms with Crippen LogP contribution in [0, 0.1) is 0 Å². The molecule has 0 spiro atoms. The number of alkyl halides is 3. The van der Waals surface area contributed by atoms with E-state index in [1.165, 1.54) is 29.5 Å². The van der Waals surface area contributed by atoms with Crippen molar-refractivity contribution in [2.45, 2.75) is 12.7 Å². The number of nitrogens with zero attached hydrogens (tertiary/aromatic N) is 2. The van der Waals surface area contributed by atoms with Crippen LogP contribution in [-0.2, 0) is 6.54 Å². The first-order chi connectivity index (χ1) is 12.4. The average molecular weight is 382 g/mol. The highest BCUT2D eigenvalue weighted by atomic mass is 32.1. The normalized spacial score (nSPS) is 11.3. The molecule has 0 aliphatic heterocycles. The van der Waals surface area contributed by atoms with Gasteiger partial charge in [-0.25, -0.2) is 4.98 Å². The van der Waals surface area contributed by atoms with E-state index in [1.807, 2.05) is 17.5 Å². The summed E-state index contributed by atoms with van der Waals surface area (Å²) in [7, 11) is 0. The van der Waals surface area contributed by atoms with Gasteiger partial charge in [0.15, 0.2) is 12.4 Å². The lowest BCUT2D eigenvalue weighted by molar-refractivity contribution is -0.153. The summed E-state index contributed by atoms with van der Waals surface area (Å²) in [4.78, 5) is 17.4. The SMILES string of the molecule is O=C(NCc1nc(-c2cccs2)n[nH]1)c1ccccc1OCC(F)(F)F. The highest BCUT2D eigenvalue weighted by Gasteiger charge is 2.29. The van der Waals surface area contributed by atoms with Gasteiger partial charge in [0.25, 0.3) is 5.91 Å². The van der Waals surface area contributed by atoms with Gasteiger partial charge in [0, 0.05) is 0 Å². The van der Waals surface area contributed by atoms with Crippen LogP contribution >= 0.6 is 11.3 Å². The minimum absolute atomic E-state index is 0.00902. The summed E-state index contributed by atoms with van der Waals surface area (Å²) in [6, 6.07) is 9.47. The van der Waals surface area contributed by atoms with Crippen molar-refractivity contribution in [3.8, 4) is 16.5 Å². The van der Waals surface area contributed by atoms with E-state index in [0.29, 0.717) is 11.6 Å². The number of nitrogens with one attached hydrogen (secondary N) is 2. The molecule has 0 saturated carbocycles. The zero-order valence-corrected chi connectivity index (χ0v) is 14.0. The summed E-state index contributed by atoms with van der Waals surface area (Å²) in [5, 5.41) is 11.2. The largest absolute Gasteiger partial charge is 0.483 e. The molecule has 0 saturated heterocycles. The van der Waals surface area contributed by atoms with Gasteiger partial charge in [-0.1, -0.05) is 18.2 Å². The monoisotopic (exact) mass is 382 g/mol. The van der Waals surface area contributed by atoms with E-state index in [0.717, 1.165) is 4.88 Å². The number of halogens is 3. The quantitative estimate of drug-likeness (QED) is 0.685. The molecular formula is C16H13F3N4O2S. The Morgan fingerprint density at radius 3 is 2.77 bits per heavy atom. The van der Waals surface area contributed by atoms with Gasteiger partial charge in [-0.3, -0.25) is 9.89 Å². The van der Waals surface area contributed by atoms with Crippen molar-refractivity contribution in [2.75, 3.05) is 6.61 Å². The molecular weight excluding hydrogens is 369 g/mol. The molecule has 2 aromatic heterocycles. The third-order valence-corrected chi connectivity index (χ3v) is 4.08. The molecule has 6 nitrogen and oxygen atoms in total. The molecule has 3 rings (SSSR count). The molecule has 0 aliphatic rings. The minimum atomic E-state index is -4.48. The second-order valence-corrected chi connectivity index (χ2v) is 6.11. The number of aromatic nitrogens is 3. The average Bonchev–Trinajstić information content (AvgIpc) is 3.28. The van der Waals surface area contributed by atoms with Gasteiger partial charge in [0.1, 0.15) is 11.6 Å². The van der Waals surface area contributed by atoms with Gasteiger partial charge in [-0.05, 0) is 23.6 Å². The number of aromatic amines is 1. The molecule has 0 fully saturated rings. The van der Waals surface area contributed by atoms with Crippen LogP contribution in [-0.4, -0.2) is 33.9 Å². The molecule has 2 N–H and O–H groups in total. The molecule has 26 heavy (non-hydrogen) atoms. The van der Waals surface area contributed by atoms with Crippen molar-refractivity contribution >= 4 is 17.2 Å². The van der Waals surface area contributed by atoms with Crippen LogP contribution in [0.5, 0.6) is 5.75 Å². The zero-order valence-electron chi connectivity index (χ0n) is 13.2. The van der Waals surface area contributed by atoms with Crippen LogP contribution in [0.4, 0.5) is 13.2 Å². The number of benzene rings is 1. The fraction of sp³-hybridized carbons (Fsp3) is 0.188. The Balaban J connectivity index is 1.63. The summed E-state index contributed by atoms with van der Waals surface area (Å²) in [5.74, 6) is 0.226. The zero-order chi connectivity index (χ0) is 18.6. The van der Waals surface area contributed by atoms with Crippen LogP contribution in [0.2, 0.25) is 0 Å². The topological polar surface area (TPSA) is 79.9 Å². The maximum atomic E-state index is 12.3. The second-order valence-electron chi connectivity index (χ2n) is 5.17. The minimum Gasteiger partial charge on any atom is -0.483 e. The van der Waals surface area contributed by atoms with Gasteiger partial charge >= 0.3 is 6.18 Å². The molecule has 10 heteroatoms. The first-order valence-electron chi connectivity index (χ1n) is 7.44. The third kappa shape index (κ3) is 4.60. The molecule has 136 valence electrons. The fourth-order valence-electron chi connectivity index (χ4n) is 2.09. The Labute approximate surface area is 150 Å². The standard InChI is InChI=1S/C16H13F3N4O2S/c17-16(18,19)9-25-11-5-2-1-4-10(11)15(24)20-8-13-21-14(23-22-13)12-6-3-7-26-12/h1-7H,8-9H2,(H,20,24)(H,21,22,23). The van der Waals surface area contributed by atoms with E-state index in [4.69, 9.17) is 4.74 Å². The highest BCUT2D eigenvalue weighted by molar-refractivity contribution is 7.13. The molecule has 2 heterocycles. The lowest BCUT2D eigenvalue weighted by Crippen LogP contribution is -2.25. The molecule has 0 atom stereocenters. The van der Waals surface area contributed by atoms with Crippen LogP contribution in [0.15, 0.2) is 41.8 Å². The van der Waals surface area contributed by atoms with E-state index >= 15 is 0 Å². The molecule has 1 aromatic carbocycles. The summed E-state index contributed by atoms with van der Waals surface area (Å²) in [5.41, 5.74) is 0.00902. The van der Waals surface area contributed by atoms with Gasteiger partial charge in [-0.15, -0.1) is 11.3 Å². The Kier molecular flexibility index (Phi) is 5.21. The van der Waals surface area contributed by atoms with E-state index < -0.39 is 18.7 Å². The number of rotatable bonds is 6. The Morgan fingerprint density at radius 2 is 2.04 bits per heavy atom. The smallest absolute Gasteiger partial charge is 0.422 e. The number of hydrogen-bond donors (Lipinski definition) is 2. The summed E-state index contributed by atoms with van der Waals surface area (Å²) in [6.45, 7) is -1.42. The number of hydrogen-bond acceptors (Lipinski definition) is 5. The lowest BCUT2D eigenvalue weighted by Gasteiger charge is -2.12. The molecule has 0 bridgehead atoms. The first kappa shape index (κ1) is 17.9. The van der Waals surface area contributed by atoms with E-state index in [2.05, 4.69) is 20.5 Å². The number of amides is 1. The maximum absolute atomic E-state index is 12.3. The van der Waals surface area contributed by atoms with Crippen molar-refractivity contribution in [1.82, 2.24) is 20.5 Å². The Hall–Kier alpha value is -2.88. The van der Waals surface area contributed by atoms with E-state index in [1.54, 1.807) is 6.07 Å². The number of ether oxygens (including phenoxy) is 1. The van der Waals surface area contributed by atoms with Crippen LogP contribution in [0.3, 0.4) is 0 Å².